The number of rotatable bonds is 4. The zero-order valence-corrected chi connectivity index (χ0v) is 10.1. The van der Waals surface area contributed by atoms with Gasteiger partial charge in [0, 0.05) is 25.0 Å². The molecular weight excluding hydrogens is 236 g/mol. The zero-order valence-electron chi connectivity index (χ0n) is 9.30. The van der Waals surface area contributed by atoms with E-state index in [-0.39, 0.29) is 5.91 Å². The summed E-state index contributed by atoms with van der Waals surface area (Å²) in [6.07, 6.45) is 5.21. The molecule has 0 atom stereocenters. The van der Waals surface area contributed by atoms with E-state index >= 15 is 0 Å². The topological polar surface area (TPSA) is 70.7 Å². The van der Waals surface area contributed by atoms with Gasteiger partial charge in [0.25, 0.3) is 0 Å². The Morgan fingerprint density at radius 2 is 2.24 bits per heavy atom. The number of carbonyl (C=O) groups excluding carboxylic acids is 1. The predicted octanol–water partition coefficient (Wildman–Crippen LogP) is 1.31. The molecule has 2 heterocycles. The lowest BCUT2D eigenvalue weighted by Crippen LogP contribution is -2.19. The number of hydrogen-bond acceptors (Lipinski definition) is 4. The molecule has 2 N–H and O–H groups in total. The fraction of sp³-hybridized carbons (Fsp3) is 0.182. The first-order chi connectivity index (χ1) is 8.29. The van der Waals surface area contributed by atoms with E-state index in [1.54, 1.807) is 25.6 Å². The summed E-state index contributed by atoms with van der Waals surface area (Å²) >= 11 is 1.37. The normalized spacial score (nSPS) is 10.2. The highest BCUT2D eigenvalue weighted by Crippen LogP contribution is 2.20. The number of nitrogens with one attached hydrogen (secondary N) is 2. The molecule has 0 aliphatic rings. The molecule has 0 saturated heterocycles. The Hall–Kier alpha value is -1.82. The molecule has 6 heteroatoms. The Morgan fingerprint density at radius 1 is 1.47 bits per heavy atom. The van der Waals surface area contributed by atoms with Crippen molar-refractivity contribution < 1.29 is 4.79 Å². The van der Waals surface area contributed by atoms with E-state index < -0.39 is 0 Å². The third kappa shape index (κ3) is 3.07. The van der Waals surface area contributed by atoms with E-state index in [1.165, 1.54) is 11.8 Å². The average Bonchev–Trinajstić information content (AvgIpc) is 2.86. The van der Waals surface area contributed by atoms with E-state index in [0.717, 1.165) is 16.4 Å². The summed E-state index contributed by atoms with van der Waals surface area (Å²) in [6, 6.07) is 3.81. The van der Waals surface area contributed by atoms with Gasteiger partial charge in [-0.3, -0.25) is 9.78 Å². The van der Waals surface area contributed by atoms with E-state index in [1.807, 2.05) is 12.1 Å². The van der Waals surface area contributed by atoms with Gasteiger partial charge < -0.3 is 10.3 Å². The summed E-state index contributed by atoms with van der Waals surface area (Å²) in [5, 5.41) is 3.30. The summed E-state index contributed by atoms with van der Waals surface area (Å²) in [5.41, 5.74) is 1.95. The monoisotopic (exact) mass is 248 g/mol. The lowest BCUT2D eigenvalue weighted by Gasteiger charge is -1.97. The lowest BCUT2D eigenvalue weighted by atomic mass is 10.2. The molecular formula is C11H12N4OS. The standard InChI is InChI=1S/C11H12N4OS/c1-12-10(16)7-17-11-14-6-9(15-11)8-2-4-13-5-3-8/h2-6H,7H2,1H3,(H,12,16)(H,14,15). The van der Waals surface area contributed by atoms with Crippen LogP contribution >= 0.6 is 11.8 Å². The number of H-pyrrole nitrogens is 1. The Balaban J connectivity index is 2.04. The fourth-order valence-corrected chi connectivity index (χ4v) is 1.98. The van der Waals surface area contributed by atoms with Crippen molar-refractivity contribution in [3.63, 3.8) is 0 Å². The predicted molar refractivity (Wildman–Crippen MR) is 66.6 cm³/mol. The van der Waals surface area contributed by atoms with Crippen molar-refractivity contribution in [3.05, 3.63) is 30.7 Å². The zero-order chi connectivity index (χ0) is 12.1. The van der Waals surface area contributed by atoms with Crippen LogP contribution < -0.4 is 5.32 Å². The number of nitrogens with zero attached hydrogens (tertiary/aromatic N) is 2. The minimum atomic E-state index is -0.0168. The Bertz CT molecular complexity index is 497. The number of thioether (sulfide) groups is 1. The summed E-state index contributed by atoms with van der Waals surface area (Å²) in [5.74, 6) is 0.344. The maximum atomic E-state index is 11.1. The van der Waals surface area contributed by atoms with Gasteiger partial charge in [-0.05, 0) is 12.1 Å². The molecule has 0 aliphatic heterocycles. The molecule has 0 spiro atoms. The number of carbonyl (C=O) groups is 1. The van der Waals surface area contributed by atoms with Crippen molar-refractivity contribution in [2.75, 3.05) is 12.8 Å². The van der Waals surface area contributed by atoms with Gasteiger partial charge in [-0.25, -0.2) is 4.98 Å². The van der Waals surface area contributed by atoms with Gasteiger partial charge in [-0.1, -0.05) is 11.8 Å². The highest BCUT2D eigenvalue weighted by molar-refractivity contribution is 7.99. The molecule has 5 nitrogen and oxygen atoms in total. The van der Waals surface area contributed by atoms with Crippen LogP contribution in [0.2, 0.25) is 0 Å². The molecule has 17 heavy (non-hydrogen) atoms. The lowest BCUT2D eigenvalue weighted by molar-refractivity contribution is -0.118. The maximum Gasteiger partial charge on any atom is 0.230 e. The van der Waals surface area contributed by atoms with Crippen molar-refractivity contribution in [2.24, 2.45) is 0 Å². The molecule has 0 radical (unpaired) electrons. The molecule has 2 rings (SSSR count). The number of pyridine rings is 1. The first-order valence-electron chi connectivity index (χ1n) is 5.08. The van der Waals surface area contributed by atoms with Crippen molar-refractivity contribution in [1.82, 2.24) is 20.3 Å². The second-order valence-corrected chi connectivity index (χ2v) is 4.26. The smallest absolute Gasteiger partial charge is 0.230 e. The largest absolute Gasteiger partial charge is 0.358 e. The molecule has 2 aromatic rings. The minimum absolute atomic E-state index is 0.0168. The van der Waals surface area contributed by atoms with Gasteiger partial charge in [0.05, 0.1) is 17.6 Å². The molecule has 0 saturated carbocycles. The van der Waals surface area contributed by atoms with Crippen LogP contribution in [0.1, 0.15) is 0 Å². The van der Waals surface area contributed by atoms with Crippen LogP contribution in [0.25, 0.3) is 11.3 Å². The highest BCUT2D eigenvalue weighted by Gasteiger charge is 2.05. The van der Waals surface area contributed by atoms with Crippen molar-refractivity contribution in [2.45, 2.75) is 5.16 Å². The van der Waals surface area contributed by atoms with Crippen LogP contribution in [0, 0.1) is 0 Å². The van der Waals surface area contributed by atoms with Gasteiger partial charge >= 0.3 is 0 Å². The van der Waals surface area contributed by atoms with E-state index in [0.29, 0.717) is 5.75 Å². The third-order valence-corrected chi connectivity index (χ3v) is 3.05. The maximum absolute atomic E-state index is 11.1. The third-order valence-electron chi connectivity index (χ3n) is 2.16. The van der Waals surface area contributed by atoms with E-state index in [9.17, 15) is 4.79 Å². The second-order valence-electron chi connectivity index (χ2n) is 3.30. The molecule has 1 amide bonds. The quantitative estimate of drug-likeness (QED) is 0.800. The summed E-state index contributed by atoms with van der Waals surface area (Å²) in [7, 11) is 1.62. The Labute approximate surface area is 103 Å². The van der Waals surface area contributed by atoms with E-state index in [4.69, 9.17) is 0 Å². The molecule has 0 fully saturated rings. The molecule has 88 valence electrons. The summed E-state index contributed by atoms with van der Waals surface area (Å²) in [6.45, 7) is 0. The van der Waals surface area contributed by atoms with Gasteiger partial charge in [-0.15, -0.1) is 0 Å². The van der Waals surface area contributed by atoms with Gasteiger partial charge in [0.2, 0.25) is 5.91 Å². The summed E-state index contributed by atoms with van der Waals surface area (Å²) in [4.78, 5) is 22.4. The average molecular weight is 248 g/mol. The highest BCUT2D eigenvalue weighted by atomic mass is 32.2. The number of amides is 1. The Morgan fingerprint density at radius 3 is 2.94 bits per heavy atom. The van der Waals surface area contributed by atoms with Gasteiger partial charge in [-0.2, -0.15) is 0 Å². The first kappa shape index (κ1) is 11.7. The SMILES string of the molecule is CNC(=O)CSc1ncc(-c2ccncc2)[nH]1. The number of hydrogen-bond donors (Lipinski definition) is 2. The van der Waals surface area contributed by atoms with Gasteiger partial charge in [0.1, 0.15) is 0 Å². The van der Waals surface area contributed by atoms with Crippen LogP contribution in [0.4, 0.5) is 0 Å². The van der Waals surface area contributed by atoms with Crippen LogP contribution in [-0.4, -0.2) is 33.7 Å². The Kier molecular flexibility index (Phi) is 3.77. The van der Waals surface area contributed by atoms with Crippen LogP contribution in [0.15, 0.2) is 35.9 Å². The van der Waals surface area contributed by atoms with Crippen LogP contribution in [0.3, 0.4) is 0 Å². The number of imidazole rings is 1. The van der Waals surface area contributed by atoms with Crippen molar-refractivity contribution in [3.8, 4) is 11.3 Å². The number of aromatic amines is 1. The van der Waals surface area contributed by atoms with Crippen LogP contribution in [-0.2, 0) is 4.79 Å². The minimum Gasteiger partial charge on any atom is -0.358 e. The molecule has 2 aromatic heterocycles. The number of aromatic nitrogens is 3. The molecule has 0 aromatic carbocycles. The first-order valence-corrected chi connectivity index (χ1v) is 6.07. The van der Waals surface area contributed by atoms with Gasteiger partial charge in [0.15, 0.2) is 5.16 Å². The van der Waals surface area contributed by atoms with E-state index in [2.05, 4.69) is 20.3 Å². The molecule has 0 aliphatic carbocycles. The fourth-order valence-electron chi connectivity index (χ4n) is 1.26. The van der Waals surface area contributed by atoms with Crippen LogP contribution in [0.5, 0.6) is 0 Å². The molecule has 0 unspecified atom stereocenters. The van der Waals surface area contributed by atoms with Crippen molar-refractivity contribution in [1.29, 1.82) is 0 Å². The molecule has 0 bridgehead atoms. The summed E-state index contributed by atoms with van der Waals surface area (Å²) < 4.78 is 0. The second kappa shape index (κ2) is 5.49. The van der Waals surface area contributed by atoms with Crippen molar-refractivity contribution >= 4 is 17.7 Å².